The van der Waals surface area contributed by atoms with Crippen LogP contribution in [0.15, 0.2) is 48.9 Å². The molecule has 7 heteroatoms. The van der Waals surface area contributed by atoms with E-state index in [9.17, 15) is 4.79 Å². The van der Waals surface area contributed by atoms with E-state index in [-0.39, 0.29) is 5.91 Å². The minimum atomic E-state index is 0.0526. The zero-order valence-corrected chi connectivity index (χ0v) is 16.5. The number of hydrogen-bond acceptors (Lipinski definition) is 5. The van der Waals surface area contributed by atoms with Crippen molar-refractivity contribution < 1.29 is 4.79 Å². The monoisotopic (exact) mass is 386 g/mol. The highest BCUT2D eigenvalue weighted by atomic mass is 16.2. The predicted molar refractivity (Wildman–Crippen MR) is 110 cm³/mol. The average molecular weight is 386 g/mol. The Balaban J connectivity index is 1.52. The minimum absolute atomic E-state index is 0.0526. The molecular formula is C22H22N6O. The van der Waals surface area contributed by atoms with Crippen molar-refractivity contribution >= 4 is 11.7 Å². The fraction of sp³-hybridized carbons (Fsp3) is 0.273. The molecule has 0 saturated carbocycles. The molecule has 1 fully saturated rings. The maximum atomic E-state index is 13.2. The number of nitrogens with zero attached hydrogens (tertiary/aromatic N) is 6. The number of hydrogen-bond donors (Lipinski definition) is 0. The number of amides is 1. The van der Waals surface area contributed by atoms with Crippen molar-refractivity contribution in [1.82, 2.24) is 19.4 Å². The van der Waals surface area contributed by atoms with E-state index in [0.717, 1.165) is 41.5 Å². The third kappa shape index (κ3) is 3.57. The number of anilines is 1. The molecule has 0 spiro atoms. The van der Waals surface area contributed by atoms with Crippen LogP contribution in [0.4, 0.5) is 5.82 Å². The summed E-state index contributed by atoms with van der Waals surface area (Å²) in [6.45, 7) is 6.73. The van der Waals surface area contributed by atoms with Crippen LogP contribution in [0.3, 0.4) is 0 Å². The van der Waals surface area contributed by atoms with Gasteiger partial charge in [-0.2, -0.15) is 5.26 Å². The number of nitriles is 1. The van der Waals surface area contributed by atoms with E-state index in [4.69, 9.17) is 5.26 Å². The minimum Gasteiger partial charge on any atom is -0.352 e. The number of aryl methyl sites for hydroxylation is 1. The molecular weight excluding hydrogens is 364 g/mol. The summed E-state index contributed by atoms with van der Waals surface area (Å²) >= 11 is 0. The number of piperazine rings is 1. The zero-order valence-electron chi connectivity index (χ0n) is 16.5. The summed E-state index contributed by atoms with van der Waals surface area (Å²) in [5.74, 6) is 0.899. The highest BCUT2D eigenvalue weighted by Gasteiger charge is 2.26. The molecule has 3 heterocycles. The van der Waals surface area contributed by atoms with Crippen LogP contribution >= 0.6 is 0 Å². The highest BCUT2D eigenvalue weighted by Crippen LogP contribution is 2.23. The van der Waals surface area contributed by atoms with Crippen LogP contribution in [0, 0.1) is 25.2 Å². The second-order valence-corrected chi connectivity index (χ2v) is 7.12. The van der Waals surface area contributed by atoms with Gasteiger partial charge in [0.2, 0.25) is 0 Å². The van der Waals surface area contributed by atoms with E-state index >= 15 is 0 Å². The molecule has 0 bridgehead atoms. The molecule has 1 aliphatic rings. The van der Waals surface area contributed by atoms with Crippen LogP contribution in [-0.4, -0.2) is 51.5 Å². The van der Waals surface area contributed by atoms with Crippen molar-refractivity contribution in [1.29, 1.82) is 5.26 Å². The Hall–Kier alpha value is -3.66. The van der Waals surface area contributed by atoms with Gasteiger partial charge in [0.05, 0.1) is 23.4 Å². The lowest BCUT2D eigenvalue weighted by Crippen LogP contribution is -2.49. The lowest BCUT2D eigenvalue weighted by Gasteiger charge is -2.35. The van der Waals surface area contributed by atoms with Gasteiger partial charge in [0, 0.05) is 55.6 Å². The Bertz CT molecular complexity index is 1060. The Labute approximate surface area is 169 Å². The summed E-state index contributed by atoms with van der Waals surface area (Å²) in [5, 5.41) is 9.00. The Morgan fingerprint density at radius 3 is 2.41 bits per heavy atom. The van der Waals surface area contributed by atoms with Crippen LogP contribution in [0.25, 0.3) is 5.69 Å². The molecule has 0 aliphatic carbocycles. The van der Waals surface area contributed by atoms with E-state index in [1.54, 1.807) is 30.7 Å². The Kier molecular flexibility index (Phi) is 5.00. The van der Waals surface area contributed by atoms with Crippen molar-refractivity contribution in [2.45, 2.75) is 13.8 Å². The smallest absolute Gasteiger partial charge is 0.255 e. The number of benzene rings is 1. The first-order valence-electron chi connectivity index (χ1n) is 9.58. The maximum Gasteiger partial charge on any atom is 0.255 e. The lowest BCUT2D eigenvalue weighted by molar-refractivity contribution is 0.0746. The van der Waals surface area contributed by atoms with Gasteiger partial charge in [-0.05, 0) is 44.2 Å². The molecule has 1 aliphatic heterocycles. The summed E-state index contributed by atoms with van der Waals surface area (Å²) in [7, 11) is 0. The van der Waals surface area contributed by atoms with E-state index in [1.165, 1.54) is 0 Å². The summed E-state index contributed by atoms with van der Waals surface area (Å²) < 4.78 is 2.06. The van der Waals surface area contributed by atoms with Crippen LogP contribution in [0.5, 0.6) is 0 Å². The number of aromatic nitrogens is 3. The van der Waals surface area contributed by atoms with E-state index in [1.807, 2.05) is 36.9 Å². The standard InChI is InChI=1S/C22H22N6O/c1-16-13-20(17(2)28(16)19-5-3-18(14-23)4-6-19)22(29)27-11-9-26(10-12-27)21-15-24-7-8-25-21/h3-8,13,15H,9-12H2,1-2H3. The first-order chi connectivity index (χ1) is 14.1. The molecule has 0 atom stereocenters. The molecule has 29 heavy (non-hydrogen) atoms. The highest BCUT2D eigenvalue weighted by molar-refractivity contribution is 5.96. The quantitative estimate of drug-likeness (QED) is 0.692. The molecule has 2 aromatic heterocycles. The van der Waals surface area contributed by atoms with Gasteiger partial charge in [-0.3, -0.25) is 9.78 Å². The van der Waals surface area contributed by atoms with Gasteiger partial charge in [-0.25, -0.2) is 4.98 Å². The van der Waals surface area contributed by atoms with Crippen LogP contribution in [0.2, 0.25) is 0 Å². The SMILES string of the molecule is Cc1cc(C(=O)N2CCN(c3cnccn3)CC2)c(C)n1-c1ccc(C#N)cc1. The molecule has 146 valence electrons. The predicted octanol–water partition coefficient (Wildman–Crippen LogP) is 2.72. The molecule has 3 aromatic rings. The third-order valence-electron chi connectivity index (χ3n) is 5.36. The van der Waals surface area contributed by atoms with E-state index in [0.29, 0.717) is 18.7 Å². The zero-order chi connectivity index (χ0) is 20.4. The van der Waals surface area contributed by atoms with Gasteiger partial charge in [0.15, 0.2) is 0 Å². The van der Waals surface area contributed by atoms with E-state index in [2.05, 4.69) is 25.5 Å². The molecule has 0 N–H and O–H groups in total. The van der Waals surface area contributed by atoms with Gasteiger partial charge in [0.1, 0.15) is 5.82 Å². The Morgan fingerprint density at radius 1 is 1.07 bits per heavy atom. The van der Waals surface area contributed by atoms with Crippen molar-refractivity contribution in [3.63, 3.8) is 0 Å². The first-order valence-corrected chi connectivity index (χ1v) is 9.58. The normalized spacial score (nSPS) is 14.0. The molecule has 1 aromatic carbocycles. The molecule has 0 radical (unpaired) electrons. The van der Waals surface area contributed by atoms with Gasteiger partial charge in [-0.15, -0.1) is 0 Å². The number of carbonyl (C=O) groups excluding carboxylic acids is 1. The first kappa shape index (κ1) is 18.7. The topological polar surface area (TPSA) is 78.1 Å². The van der Waals surface area contributed by atoms with Gasteiger partial charge < -0.3 is 14.4 Å². The summed E-state index contributed by atoms with van der Waals surface area (Å²) in [5.41, 5.74) is 4.20. The molecule has 1 saturated heterocycles. The molecule has 4 rings (SSSR count). The van der Waals surface area contributed by atoms with E-state index < -0.39 is 0 Å². The Morgan fingerprint density at radius 2 is 1.79 bits per heavy atom. The van der Waals surface area contributed by atoms with Crippen molar-refractivity contribution in [3.8, 4) is 11.8 Å². The van der Waals surface area contributed by atoms with Crippen molar-refractivity contribution in [2.75, 3.05) is 31.1 Å². The average Bonchev–Trinajstić information content (AvgIpc) is 3.08. The lowest BCUT2D eigenvalue weighted by atomic mass is 10.2. The van der Waals surface area contributed by atoms with Crippen molar-refractivity contribution in [3.05, 3.63) is 71.4 Å². The van der Waals surface area contributed by atoms with Crippen LogP contribution in [-0.2, 0) is 0 Å². The van der Waals surface area contributed by atoms with Crippen molar-refractivity contribution in [2.24, 2.45) is 0 Å². The molecule has 0 unspecified atom stereocenters. The fourth-order valence-corrected chi connectivity index (χ4v) is 3.83. The summed E-state index contributed by atoms with van der Waals surface area (Å²) in [4.78, 5) is 25.7. The summed E-state index contributed by atoms with van der Waals surface area (Å²) in [6.07, 6.45) is 5.10. The third-order valence-corrected chi connectivity index (χ3v) is 5.36. The number of carbonyl (C=O) groups is 1. The van der Waals surface area contributed by atoms with Crippen LogP contribution in [0.1, 0.15) is 27.3 Å². The van der Waals surface area contributed by atoms with Gasteiger partial charge >= 0.3 is 0 Å². The second kappa shape index (κ2) is 7.76. The van der Waals surface area contributed by atoms with Gasteiger partial charge in [-0.1, -0.05) is 0 Å². The maximum absolute atomic E-state index is 13.2. The molecule has 1 amide bonds. The van der Waals surface area contributed by atoms with Gasteiger partial charge in [0.25, 0.3) is 5.91 Å². The second-order valence-electron chi connectivity index (χ2n) is 7.12. The van der Waals surface area contributed by atoms with Crippen LogP contribution < -0.4 is 4.90 Å². The molecule has 7 nitrogen and oxygen atoms in total. The fourth-order valence-electron chi connectivity index (χ4n) is 3.83. The largest absolute Gasteiger partial charge is 0.352 e. The number of rotatable bonds is 3. The summed E-state index contributed by atoms with van der Waals surface area (Å²) in [6, 6.07) is 11.5.